The Labute approximate surface area is 156 Å². The van der Waals surface area contributed by atoms with Gasteiger partial charge in [-0.3, -0.25) is 19.6 Å². The summed E-state index contributed by atoms with van der Waals surface area (Å²) in [5.74, 6) is 0. The quantitative estimate of drug-likeness (QED) is 0.696. The minimum atomic E-state index is -0.0973. The van der Waals surface area contributed by atoms with Gasteiger partial charge in [-0.25, -0.2) is 0 Å². The van der Waals surface area contributed by atoms with E-state index >= 15 is 0 Å². The van der Waals surface area contributed by atoms with Crippen LogP contribution in [0.2, 0.25) is 0 Å². The molecule has 8 heteroatoms. The van der Waals surface area contributed by atoms with Crippen molar-refractivity contribution < 1.29 is 18.9 Å². The summed E-state index contributed by atoms with van der Waals surface area (Å²) in [4.78, 5) is 9.88. The summed E-state index contributed by atoms with van der Waals surface area (Å²) in [5.41, 5.74) is 0.125. The summed E-state index contributed by atoms with van der Waals surface area (Å²) >= 11 is 0. The lowest BCUT2D eigenvalue weighted by Crippen LogP contribution is -2.86. The monoisotopic (exact) mass is 370 g/mol. The van der Waals surface area contributed by atoms with Gasteiger partial charge in [0.25, 0.3) is 0 Å². The molecule has 4 rings (SSSR count). The van der Waals surface area contributed by atoms with Crippen molar-refractivity contribution in [2.45, 2.75) is 57.5 Å². The Bertz CT molecular complexity index is 481. The van der Waals surface area contributed by atoms with Crippen LogP contribution in [0.25, 0.3) is 0 Å². The number of hydrogen-bond acceptors (Lipinski definition) is 8. The molecule has 26 heavy (non-hydrogen) atoms. The molecule has 4 heterocycles. The first-order chi connectivity index (χ1) is 12.5. The molecule has 0 bridgehead atoms. The fraction of sp³-hybridized carbons (Fsp3) is 1.00. The van der Waals surface area contributed by atoms with Crippen LogP contribution < -0.4 is 0 Å². The molecule has 150 valence electrons. The van der Waals surface area contributed by atoms with Crippen molar-refractivity contribution in [2.75, 3.05) is 54.6 Å². The second-order valence-electron chi connectivity index (χ2n) is 8.67. The molecule has 2 unspecified atom stereocenters. The highest BCUT2D eigenvalue weighted by Gasteiger charge is 2.62. The van der Waals surface area contributed by atoms with E-state index < -0.39 is 0 Å². The van der Waals surface area contributed by atoms with E-state index in [4.69, 9.17) is 18.9 Å². The first kappa shape index (κ1) is 19.0. The molecular formula is C18H34N4O4. The Hall–Kier alpha value is -0.320. The van der Waals surface area contributed by atoms with Gasteiger partial charge in [0.05, 0.1) is 12.3 Å². The van der Waals surface area contributed by atoms with Crippen LogP contribution in [-0.4, -0.2) is 111 Å². The van der Waals surface area contributed by atoms with Crippen LogP contribution in [0, 0.1) is 5.41 Å². The topological polar surface area (TPSA) is 49.9 Å². The lowest BCUT2D eigenvalue weighted by molar-refractivity contribution is -0.368. The molecule has 0 aromatic carbocycles. The van der Waals surface area contributed by atoms with E-state index in [0.29, 0.717) is 0 Å². The zero-order valence-electron chi connectivity index (χ0n) is 16.9. The minimum absolute atomic E-state index is 0.0867. The summed E-state index contributed by atoms with van der Waals surface area (Å²) in [6.45, 7) is 8.58. The van der Waals surface area contributed by atoms with Crippen molar-refractivity contribution in [3.05, 3.63) is 0 Å². The molecule has 0 saturated carbocycles. The third kappa shape index (κ3) is 2.66. The van der Waals surface area contributed by atoms with Crippen molar-refractivity contribution >= 4 is 0 Å². The van der Waals surface area contributed by atoms with E-state index in [-0.39, 0.29) is 42.7 Å². The van der Waals surface area contributed by atoms with Gasteiger partial charge in [-0.2, -0.15) is 0 Å². The second kappa shape index (κ2) is 6.93. The Kier molecular flexibility index (Phi) is 5.07. The van der Waals surface area contributed by atoms with Gasteiger partial charge in [0, 0.05) is 54.6 Å². The van der Waals surface area contributed by atoms with Crippen LogP contribution in [-0.2, 0) is 18.9 Å². The predicted molar refractivity (Wildman–Crippen MR) is 96.0 cm³/mol. The maximum atomic E-state index is 5.98. The van der Waals surface area contributed by atoms with Crippen molar-refractivity contribution in [3.8, 4) is 0 Å². The lowest BCUT2D eigenvalue weighted by atomic mass is 9.85. The van der Waals surface area contributed by atoms with Crippen molar-refractivity contribution in [3.63, 3.8) is 0 Å². The fourth-order valence-corrected chi connectivity index (χ4v) is 5.69. The number of ether oxygens (including phenoxy) is 4. The summed E-state index contributed by atoms with van der Waals surface area (Å²) in [7, 11) is 7.16. The molecular weight excluding hydrogens is 336 g/mol. The number of hydrogen-bond donors (Lipinski definition) is 0. The number of nitrogens with zero attached hydrogens (tertiary/aromatic N) is 4. The van der Waals surface area contributed by atoms with Gasteiger partial charge < -0.3 is 18.9 Å². The fourth-order valence-electron chi connectivity index (χ4n) is 5.69. The molecule has 4 aliphatic rings. The Morgan fingerprint density at radius 1 is 0.615 bits per heavy atom. The summed E-state index contributed by atoms with van der Waals surface area (Å²) < 4.78 is 23.9. The second-order valence-corrected chi connectivity index (χ2v) is 8.67. The Morgan fingerprint density at radius 2 is 0.962 bits per heavy atom. The van der Waals surface area contributed by atoms with Gasteiger partial charge in [0.2, 0.25) is 0 Å². The average molecular weight is 370 g/mol. The SMILES string of the molecule is CO[C@@H]1[C@@H](OC)N2CC(C)(C)CN3C2C2N1CCCN2[C@H](OC)[C@@H]3OC. The maximum absolute atomic E-state index is 5.98. The summed E-state index contributed by atoms with van der Waals surface area (Å²) in [6, 6.07) is 0. The molecule has 0 radical (unpaired) electrons. The zero-order chi connectivity index (χ0) is 18.6. The Balaban J connectivity index is 1.81. The molecule has 0 spiro atoms. The van der Waals surface area contributed by atoms with E-state index in [2.05, 4.69) is 33.4 Å². The number of methoxy groups -OCH3 is 4. The van der Waals surface area contributed by atoms with Crippen molar-refractivity contribution in [2.24, 2.45) is 5.41 Å². The lowest BCUT2D eigenvalue weighted by Gasteiger charge is -2.69. The van der Waals surface area contributed by atoms with E-state index in [1.165, 1.54) is 0 Å². The third-order valence-corrected chi connectivity index (χ3v) is 6.44. The van der Waals surface area contributed by atoms with E-state index in [1.54, 1.807) is 28.4 Å². The van der Waals surface area contributed by atoms with Gasteiger partial charge in [0.15, 0.2) is 24.9 Å². The highest BCUT2D eigenvalue weighted by molar-refractivity contribution is 5.07. The first-order valence-electron chi connectivity index (χ1n) is 9.61. The molecule has 4 fully saturated rings. The molecule has 0 amide bonds. The number of rotatable bonds is 4. The van der Waals surface area contributed by atoms with Crippen LogP contribution in [0.1, 0.15) is 20.3 Å². The van der Waals surface area contributed by atoms with E-state index in [9.17, 15) is 0 Å². The van der Waals surface area contributed by atoms with Crippen molar-refractivity contribution in [1.82, 2.24) is 19.6 Å². The maximum Gasteiger partial charge on any atom is 0.151 e. The van der Waals surface area contributed by atoms with Crippen LogP contribution in [0.4, 0.5) is 0 Å². The van der Waals surface area contributed by atoms with Crippen LogP contribution >= 0.6 is 0 Å². The normalized spacial score (nSPS) is 44.1. The largest absolute Gasteiger partial charge is 0.362 e. The molecule has 0 aromatic rings. The third-order valence-electron chi connectivity index (χ3n) is 6.44. The van der Waals surface area contributed by atoms with Gasteiger partial charge in [0.1, 0.15) is 0 Å². The molecule has 6 atom stereocenters. The molecule has 4 saturated heterocycles. The zero-order valence-corrected chi connectivity index (χ0v) is 16.9. The Morgan fingerprint density at radius 3 is 1.35 bits per heavy atom. The average Bonchev–Trinajstić information content (AvgIpc) is 2.62. The molecule has 0 aliphatic carbocycles. The molecule has 8 nitrogen and oxygen atoms in total. The van der Waals surface area contributed by atoms with Gasteiger partial charge in [-0.1, -0.05) is 13.8 Å². The van der Waals surface area contributed by atoms with Gasteiger partial charge >= 0.3 is 0 Å². The highest BCUT2D eigenvalue weighted by atomic mass is 16.6. The molecule has 0 aromatic heterocycles. The minimum Gasteiger partial charge on any atom is -0.362 e. The van der Waals surface area contributed by atoms with Crippen LogP contribution in [0.3, 0.4) is 0 Å². The summed E-state index contributed by atoms with van der Waals surface area (Å²) in [6.07, 6.45) is 1.14. The van der Waals surface area contributed by atoms with Crippen LogP contribution in [0.15, 0.2) is 0 Å². The van der Waals surface area contributed by atoms with E-state index in [0.717, 1.165) is 32.6 Å². The standard InChI is InChI=1S/C18H34N4O4/c1-18(2)10-21-13-12-19(14(23-3)16(21)25-5)8-7-9-20(12)15(24-4)17(26-6)22(13)11-18/h12-17H,7-11H2,1-6H3/t12?,13?,14-,15-,16-,17+/m1/s1. The first-order valence-corrected chi connectivity index (χ1v) is 9.61. The smallest absolute Gasteiger partial charge is 0.151 e. The van der Waals surface area contributed by atoms with Crippen molar-refractivity contribution in [1.29, 1.82) is 0 Å². The molecule has 4 aliphatic heterocycles. The van der Waals surface area contributed by atoms with E-state index in [1.807, 2.05) is 0 Å². The highest BCUT2D eigenvalue weighted by Crippen LogP contribution is 2.45. The van der Waals surface area contributed by atoms with Gasteiger partial charge in [-0.15, -0.1) is 0 Å². The number of piperazine rings is 2. The van der Waals surface area contributed by atoms with Gasteiger partial charge in [-0.05, 0) is 11.8 Å². The predicted octanol–water partition coefficient (Wildman–Crippen LogP) is 0.207. The molecule has 0 N–H and O–H groups in total. The summed E-state index contributed by atoms with van der Waals surface area (Å²) in [5, 5.41) is 0. The van der Waals surface area contributed by atoms with Crippen LogP contribution in [0.5, 0.6) is 0 Å².